The molecule has 2 aliphatic carbocycles. The van der Waals surface area contributed by atoms with Gasteiger partial charge in [0.15, 0.2) is 0 Å². The van der Waals surface area contributed by atoms with Crippen molar-refractivity contribution in [1.29, 1.82) is 5.26 Å². The standard InChI is InChI=1S/C24H26N8O/c1-14-17(7-26-23(18(14)6-25)32-9-15-5-16(15)10-32)8-31-11-20(27-13-31)24(33)29-19-3-4-21-22(19)28-12-30(21)2/h7,11-13,15-16,19H,3-5,8-10H2,1-2H3,(H,29,33)/t15?,16?,19-/m1/s1. The highest BCUT2D eigenvalue weighted by Gasteiger charge is 2.46. The predicted octanol–water partition coefficient (Wildman–Crippen LogP) is 2.11. The number of piperidine rings is 1. The zero-order chi connectivity index (χ0) is 22.7. The van der Waals surface area contributed by atoms with Gasteiger partial charge in [0.25, 0.3) is 5.91 Å². The average molecular weight is 443 g/mol. The number of aromatic nitrogens is 5. The fourth-order valence-corrected chi connectivity index (χ4v) is 5.35. The minimum absolute atomic E-state index is 0.0763. The number of rotatable bonds is 5. The van der Waals surface area contributed by atoms with E-state index in [4.69, 9.17) is 0 Å². The quantitative estimate of drug-likeness (QED) is 0.649. The van der Waals surface area contributed by atoms with Crippen LogP contribution in [0.4, 0.5) is 5.82 Å². The van der Waals surface area contributed by atoms with Crippen LogP contribution in [0.3, 0.4) is 0 Å². The summed E-state index contributed by atoms with van der Waals surface area (Å²) in [7, 11) is 1.98. The van der Waals surface area contributed by atoms with E-state index in [-0.39, 0.29) is 11.9 Å². The molecule has 2 unspecified atom stereocenters. The lowest BCUT2D eigenvalue weighted by Crippen LogP contribution is -2.27. The molecule has 1 amide bonds. The van der Waals surface area contributed by atoms with Gasteiger partial charge in [-0.2, -0.15) is 5.26 Å². The fourth-order valence-electron chi connectivity index (χ4n) is 5.35. The van der Waals surface area contributed by atoms with Crippen molar-refractivity contribution in [1.82, 2.24) is 29.4 Å². The number of fused-ring (bicyclic) bond motifs is 2. The Morgan fingerprint density at radius 2 is 2.06 bits per heavy atom. The lowest BCUT2D eigenvalue weighted by atomic mass is 10.1. The summed E-state index contributed by atoms with van der Waals surface area (Å²) in [6, 6.07) is 2.29. The van der Waals surface area contributed by atoms with Crippen LogP contribution < -0.4 is 10.2 Å². The minimum Gasteiger partial charge on any atom is -0.355 e. The molecule has 4 heterocycles. The summed E-state index contributed by atoms with van der Waals surface area (Å²) in [4.78, 5) is 28.5. The second kappa shape index (κ2) is 7.44. The van der Waals surface area contributed by atoms with Crippen LogP contribution >= 0.6 is 0 Å². The monoisotopic (exact) mass is 442 g/mol. The number of amides is 1. The van der Waals surface area contributed by atoms with Gasteiger partial charge < -0.3 is 19.4 Å². The van der Waals surface area contributed by atoms with Gasteiger partial charge >= 0.3 is 0 Å². The topological polar surface area (TPSA) is 105 Å². The highest BCUT2D eigenvalue weighted by atomic mass is 16.2. The molecule has 0 bridgehead atoms. The summed E-state index contributed by atoms with van der Waals surface area (Å²) < 4.78 is 3.88. The maximum absolute atomic E-state index is 12.8. The molecule has 0 spiro atoms. The molecule has 9 heteroatoms. The Balaban J connectivity index is 1.16. The largest absolute Gasteiger partial charge is 0.355 e. The molecular weight excluding hydrogens is 416 g/mol. The molecule has 1 saturated carbocycles. The number of imidazole rings is 2. The van der Waals surface area contributed by atoms with Crippen LogP contribution in [0.2, 0.25) is 0 Å². The van der Waals surface area contributed by atoms with Crippen molar-refractivity contribution in [2.45, 2.75) is 38.8 Å². The summed E-state index contributed by atoms with van der Waals surface area (Å²) in [5.41, 5.74) is 5.05. The highest BCUT2D eigenvalue weighted by Crippen LogP contribution is 2.46. The van der Waals surface area contributed by atoms with Crippen LogP contribution in [0.15, 0.2) is 25.0 Å². The van der Waals surface area contributed by atoms with E-state index in [1.54, 1.807) is 18.9 Å². The van der Waals surface area contributed by atoms with E-state index in [1.807, 2.05) is 29.3 Å². The van der Waals surface area contributed by atoms with Gasteiger partial charge in [-0.05, 0) is 49.1 Å². The Morgan fingerprint density at radius 1 is 1.24 bits per heavy atom. The van der Waals surface area contributed by atoms with Gasteiger partial charge in [0.05, 0.1) is 36.5 Å². The maximum atomic E-state index is 12.8. The molecule has 6 rings (SSSR count). The molecule has 1 N–H and O–H groups in total. The molecule has 0 aromatic carbocycles. The molecule has 2 fully saturated rings. The zero-order valence-electron chi connectivity index (χ0n) is 18.8. The van der Waals surface area contributed by atoms with E-state index in [0.717, 1.165) is 60.4 Å². The van der Waals surface area contributed by atoms with E-state index in [0.29, 0.717) is 17.8 Å². The van der Waals surface area contributed by atoms with E-state index in [9.17, 15) is 10.1 Å². The van der Waals surface area contributed by atoms with Gasteiger partial charge in [0, 0.05) is 38.2 Å². The number of nitrogens with zero attached hydrogens (tertiary/aromatic N) is 7. The smallest absolute Gasteiger partial charge is 0.272 e. The summed E-state index contributed by atoms with van der Waals surface area (Å²) in [5.74, 6) is 2.17. The number of pyridine rings is 1. The molecule has 1 aliphatic heterocycles. The first kappa shape index (κ1) is 20.0. The van der Waals surface area contributed by atoms with E-state index < -0.39 is 0 Å². The zero-order valence-corrected chi connectivity index (χ0v) is 18.8. The van der Waals surface area contributed by atoms with Crippen molar-refractivity contribution in [3.63, 3.8) is 0 Å². The second-order valence-electron chi connectivity index (χ2n) is 9.56. The Morgan fingerprint density at radius 3 is 2.85 bits per heavy atom. The number of carbonyl (C=O) groups is 1. The normalized spacial score (nSPS) is 22.7. The third-order valence-corrected chi connectivity index (χ3v) is 7.43. The molecule has 3 aromatic rings. The van der Waals surface area contributed by atoms with Crippen LogP contribution in [0.25, 0.3) is 0 Å². The summed E-state index contributed by atoms with van der Waals surface area (Å²) in [6.07, 6.45) is 10.1. The molecule has 0 radical (unpaired) electrons. The Kier molecular flexibility index (Phi) is 4.50. The maximum Gasteiger partial charge on any atom is 0.272 e. The van der Waals surface area contributed by atoms with Crippen molar-refractivity contribution >= 4 is 11.7 Å². The first-order valence-corrected chi connectivity index (χ1v) is 11.5. The summed E-state index contributed by atoms with van der Waals surface area (Å²) in [5, 5.41) is 12.9. The van der Waals surface area contributed by atoms with Gasteiger partial charge in [-0.3, -0.25) is 4.79 Å². The van der Waals surface area contributed by atoms with Gasteiger partial charge in [0.1, 0.15) is 17.6 Å². The van der Waals surface area contributed by atoms with Crippen molar-refractivity contribution < 1.29 is 4.79 Å². The Bertz CT molecular complexity index is 1290. The molecule has 3 aromatic heterocycles. The van der Waals surface area contributed by atoms with E-state index in [2.05, 4.69) is 31.2 Å². The number of nitriles is 1. The SMILES string of the molecule is Cc1c(Cn2cnc(C(=O)N[C@@H]3CCc4c3ncn4C)c2)cnc(N2CC3CC3C2)c1C#N. The number of anilines is 1. The summed E-state index contributed by atoms with van der Waals surface area (Å²) >= 11 is 0. The van der Waals surface area contributed by atoms with Crippen molar-refractivity contribution in [3.8, 4) is 6.07 Å². The van der Waals surface area contributed by atoms with Gasteiger partial charge in [-0.25, -0.2) is 15.0 Å². The van der Waals surface area contributed by atoms with Gasteiger partial charge in [-0.15, -0.1) is 0 Å². The molecular formula is C24H26N8O. The predicted molar refractivity (Wildman–Crippen MR) is 121 cm³/mol. The first-order valence-electron chi connectivity index (χ1n) is 11.5. The lowest BCUT2D eigenvalue weighted by Gasteiger charge is -2.22. The molecule has 9 nitrogen and oxygen atoms in total. The van der Waals surface area contributed by atoms with Crippen LogP contribution in [0.5, 0.6) is 0 Å². The molecule has 3 atom stereocenters. The second-order valence-corrected chi connectivity index (χ2v) is 9.56. The molecule has 168 valence electrons. The van der Waals surface area contributed by atoms with Crippen LogP contribution in [-0.4, -0.2) is 43.1 Å². The lowest BCUT2D eigenvalue weighted by molar-refractivity contribution is 0.0931. The average Bonchev–Trinajstić information content (AvgIpc) is 3.27. The van der Waals surface area contributed by atoms with Crippen molar-refractivity contribution in [2.24, 2.45) is 18.9 Å². The fraction of sp³-hybridized carbons (Fsp3) is 0.458. The Labute approximate surface area is 192 Å². The Hall–Kier alpha value is -3.67. The number of aryl methyl sites for hydroxylation is 1. The number of carbonyl (C=O) groups excluding carboxylic acids is 1. The van der Waals surface area contributed by atoms with Crippen molar-refractivity contribution in [2.75, 3.05) is 18.0 Å². The van der Waals surface area contributed by atoms with E-state index in [1.165, 1.54) is 12.1 Å². The highest BCUT2D eigenvalue weighted by molar-refractivity contribution is 5.92. The minimum atomic E-state index is -0.201. The van der Waals surface area contributed by atoms with Crippen LogP contribution in [0.1, 0.15) is 57.5 Å². The number of hydrogen-bond donors (Lipinski definition) is 1. The number of hydrogen-bond acceptors (Lipinski definition) is 6. The summed E-state index contributed by atoms with van der Waals surface area (Å²) in [6.45, 7) is 4.50. The van der Waals surface area contributed by atoms with Gasteiger partial charge in [0.2, 0.25) is 0 Å². The molecule has 3 aliphatic rings. The van der Waals surface area contributed by atoms with Gasteiger partial charge in [-0.1, -0.05) is 0 Å². The third kappa shape index (κ3) is 3.37. The van der Waals surface area contributed by atoms with Crippen LogP contribution in [0, 0.1) is 30.1 Å². The third-order valence-electron chi connectivity index (χ3n) is 7.43. The first-order chi connectivity index (χ1) is 16.0. The van der Waals surface area contributed by atoms with E-state index >= 15 is 0 Å². The van der Waals surface area contributed by atoms with Crippen LogP contribution in [-0.2, 0) is 20.0 Å². The molecule has 33 heavy (non-hydrogen) atoms. The van der Waals surface area contributed by atoms with Crippen molar-refractivity contribution in [3.05, 3.63) is 58.8 Å². The molecule has 1 saturated heterocycles. The number of nitrogens with one attached hydrogen (secondary N) is 1.